The number of hydrogen-bond acceptors (Lipinski definition) is 7. The fourth-order valence-corrected chi connectivity index (χ4v) is 6.22. The molecule has 5 rings (SSSR count). The van der Waals surface area contributed by atoms with Gasteiger partial charge in [-0.25, -0.2) is 0 Å². The lowest BCUT2D eigenvalue weighted by Gasteiger charge is -2.43. The molecule has 9 nitrogen and oxygen atoms in total. The predicted molar refractivity (Wildman–Crippen MR) is 144 cm³/mol. The molecule has 1 aromatic carbocycles. The second-order valence-corrected chi connectivity index (χ2v) is 12.4. The molecule has 4 fully saturated rings. The van der Waals surface area contributed by atoms with Gasteiger partial charge >= 0.3 is 0 Å². The Morgan fingerprint density at radius 2 is 1.79 bits per heavy atom. The topological polar surface area (TPSA) is 91.4 Å². The molecule has 2 amide bonds. The van der Waals surface area contributed by atoms with Gasteiger partial charge in [-0.3, -0.25) is 19.3 Å². The first-order valence-corrected chi connectivity index (χ1v) is 14.0. The van der Waals surface area contributed by atoms with Gasteiger partial charge in [-0.1, -0.05) is 27.2 Å². The Balaban J connectivity index is 1.24. The molecule has 4 atom stereocenters. The number of benzene rings is 1. The second kappa shape index (κ2) is 10.9. The third-order valence-corrected chi connectivity index (χ3v) is 8.54. The van der Waals surface area contributed by atoms with E-state index in [0.29, 0.717) is 12.0 Å². The molecule has 1 aliphatic carbocycles. The summed E-state index contributed by atoms with van der Waals surface area (Å²) in [5, 5.41) is 2.98. The first-order valence-electron chi connectivity index (χ1n) is 14.0. The number of nitrogens with one attached hydrogen (secondary N) is 1. The van der Waals surface area contributed by atoms with E-state index < -0.39 is 18.2 Å². The van der Waals surface area contributed by atoms with Crippen molar-refractivity contribution in [3.05, 3.63) is 29.8 Å². The number of carbonyl (C=O) groups excluding carboxylic acids is 3. The van der Waals surface area contributed by atoms with Crippen molar-refractivity contribution in [3.8, 4) is 0 Å². The van der Waals surface area contributed by atoms with E-state index in [0.717, 1.165) is 37.9 Å². The van der Waals surface area contributed by atoms with Crippen molar-refractivity contribution in [2.75, 3.05) is 51.3 Å². The molecule has 38 heavy (non-hydrogen) atoms. The molecule has 4 aliphatic rings. The number of rotatable bonds is 7. The minimum absolute atomic E-state index is 0.0166. The number of Topliss-reactive ketones (excluding diaryl/α,β-unsaturated/α-hetero) is 1. The molecule has 208 valence electrons. The molecule has 0 aromatic heterocycles. The fraction of sp³-hybridized carbons (Fsp3) is 0.690. The second-order valence-electron chi connectivity index (χ2n) is 12.4. The molecule has 9 heteroatoms. The summed E-state index contributed by atoms with van der Waals surface area (Å²) in [6, 6.07) is 7.03. The highest BCUT2D eigenvalue weighted by atomic mass is 16.5. The van der Waals surface area contributed by atoms with Crippen molar-refractivity contribution in [2.24, 2.45) is 5.41 Å². The van der Waals surface area contributed by atoms with E-state index in [-0.39, 0.29) is 42.3 Å². The van der Waals surface area contributed by atoms with Crippen molar-refractivity contribution < 1.29 is 23.9 Å². The standard InChI is InChI=1S/C29H42N4O5/c1-29(2,3)16-22(28(36)33-17-24(37-4)26-25(33)23(34)18-38-26)30-27(35)19-8-10-21(11-9-19)32-14-12-31(13-15-32)20-6-5-7-20/h8-11,20,22,24-26H,5-7,12-18H2,1-4H3,(H,30,35)/t22?,24-,25+,26+/m0/s1. The summed E-state index contributed by atoms with van der Waals surface area (Å²) in [6.45, 7) is 10.5. The summed E-state index contributed by atoms with van der Waals surface area (Å²) in [6.07, 6.45) is 3.66. The normalized spacial score (nSPS) is 27.3. The Kier molecular flexibility index (Phi) is 7.80. The lowest BCUT2D eigenvalue weighted by Crippen LogP contribution is -2.53. The minimum Gasteiger partial charge on any atom is -0.377 e. The van der Waals surface area contributed by atoms with Gasteiger partial charge in [-0.15, -0.1) is 0 Å². The van der Waals surface area contributed by atoms with Crippen LogP contribution in [-0.4, -0.2) is 104 Å². The number of fused-ring (bicyclic) bond motifs is 1. The van der Waals surface area contributed by atoms with Crippen LogP contribution in [0.2, 0.25) is 0 Å². The van der Waals surface area contributed by atoms with E-state index in [1.54, 1.807) is 12.0 Å². The van der Waals surface area contributed by atoms with Gasteiger partial charge < -0.3 is 24.6 Å². The van der Waals surface area contributed by atoms with Gasteiger partial charge in [0.15, 0.2) is 5.78 Å². The molecule has 1 saturated carbocycles. The number of amides is 2. The van der Waals surface area contributed by atoms with Gasteiger partial charge in [-0.2, -0.15) is 0 Å². The maximum absolute atomic E-state index is 13.7. The smallest absolute Gasteiger partial charge is 0.251 e. The van der Waals surface area contributed by atoms with E-state index in [9.17, 15) is 14.4 Å². The number of methoxy groups -OCH3 is 1. The number of ether oxygens (including phenoxy) is 2. The van der Waals surface area contributed by atoms with E-state index in [2.05, 4.69) is 15.1 Å². The predicted octanol–water partition coefficient (Wildman–Crippen LogP) is 2.09. The van der Waals surface area contributed by atoms with E-state index in [1.165, 1.54) is 19.3 Å². The van der Waals surface area contributed by atoms with Crippen LogP contribution in [0.25, 0.3) is 0 Å². The Morgan fingerprint density at radius 3 is 2.37 bits per heavy atom. The van der Waals surface area contributed by atoms with Gasteiger partial charge in [0.25, 0.3) is 5.91 Å². The molecule has 1 unspecified atom stereocenters. The summed E-state index contributed by atoms with van der Waals surface area (Å²) >= 11 is 0. The summed E-state index contributed by atoms with van der Waals surface area (Å²) < 4.78 is 11.1. The zero-order valence-electron chi connectivity index (χ0n) is 23.2. The van der Waals surface area contributed by atoms with Gasteiger partial charge in [0.1, 0.15) is 30.9 Å². The van der Waals surface area contributed by atoms with E-state index in [4.69, 9.17) is 9.47 Å². The van der Waals surface area contributed by atoms with Crippen molar-refractivity contribution in [1.82, 2.24) is 15.1 Å². The summed E-state index contributed by atoms with van der Waals surface area (Å²) in [7, 11) is 1.56. The molecule has 0 radical (unpaired) electrons. The average molecular weight is 527 g/mol. The number of carbonyl (C=O) groups is 3. The molecule has 0 spiro atoms. The quantitative estimate of drug-likeness (QED) is 0.582. The van der Waals surface area contributed by atoms with E-state index >= 15 is 0 Å². The number of ketones is 1. The van der Waals surface area contributed by atoms with Crippen LogP contribution >= 0.6 is 0 Å². The van der Waals surface area contributed by atoms with Crippen LogP contribution in [0.5, 0.6) is 0 Å². The molecule has 3 aliphatic heterocycles. The summed E-state index contributed by atoms with van der Waals surface area (Å²) in [5.41, 5.74) is 1.42. The Hall–Kier alpha value is -2.49. The van der Waals surface area contributed by atoms with Crippen molar-refractivity contribution in [3.63, 3.8) is 0 Å². The third-order valence-electron chi connectivity index (χ3n) is 8.54. The highest BCUT2D eigenvalue weighted by Crippen LogP contribution is 2.31. The number of hydrogen-bond donors (Lipinski definition) is 1. The van der Waals surface area contributed by atoms with Gasteiger partial charge in [0.05, 0.1) is 6.54 Å². The average Bonchev–Trinajstić information content (AvgIpc) is 3.42. The van der Waals surface area contributed by atoms with Crippen molar-refractivity contribution in [1.29, 1.82) is 0 Å². The molecule has 0 bridgehead atoms. The first kappa shape index (κ1) is 27.1. The third kappa shape index (κ3) is 5.60. The zero-order valence-corrected chi connectivity index (χ0v) is 23.2. The van der Waals surface area contributed by atoms with Crippen molar-refractivity contribution in [2.45, 2.75) is 76.8 Å². The number of nitrogens with zero attached hydrogens (tertiary/aromatic N) is 3. The molecule has 3 heterocycles. The monoisotopic (exact) mass is 526 g/mol. The van der Waals surface area contributed by atoms with Crippen LogP contribution in [0.4, 0.5) is 5.69 Å². The number of likely N-dealkylation sites (tertiary alicyclic amines) is 1. The van der Waals surface area contributed by atoms with Gasteiger partial charge in [-0.05, 0) is 48.9 Å². The molecule has 3 saturated heterocycles. The summed E-state index contributed by atoms with van der Waals surface area (Å²) in [5.74, 6) is -0.669. The number of anilines is 1. The molecule has 1 N–H and O–H groups in total. The SMILES string of the molecule is CO[C@H]1CN(C(=O)C(CC(C)(C)C)NC(=O)c2ccc(N3CCN(C4CCC4)CC3)cc2)[C@@H]2C(=O)CO[C@H]12. The van der Waals surface area contributed by atoms with Crippen LogP contribution in [-0.2, 0) is 19.1 Å². The van der Waals surface area contributed by atoms with Crippen LogP contribution in [0.15, 0.2) is 24.3 Å². The van der Waals surface area contributed by atoms with Crippen LogP contribution in [0.1, 0.15) is 56.8 Å². The van der Waals surface area contributed by atoms with Crippen LogP contribution in [0.3, 0.4) is 0 Å². The van der Waals surface area contributed by atoms with Crippen molar-refractivity contribution >= 4 is 23.3 Å². The maximum atomic E-state index is 13.7. The van der Waals surface area contributed by atoms with Crippen LogP contribution < -0.4 is 10.2 Å². The van der Waals surface area contributed by atoms with Gasteiger partial charge in [0.2, 0.25) is 5.91 Å². The minimum atomic E-state index is -0.758. The highest BCUT2D eigenvalue weighted by Gasteiger charge is 2.53. The van der Waals surface area contributed by atoms with Crippen LogP contribution in [0, 0.1) is 5.41 Å². The highest BCUT2D eigenvalue weighted by molar-refractivity contribution is 5.99. The zero-order chi connectivity index (χ0) is 27.0. The first-order chi connectivity index (χ1) is 18.1. The number of piperazine rings is 1. The molecule has 1 aromatic rings. The Bertz CT molecular complexity index is 1030. The molecular formula is C29H42N4O5. The Labute approximate surface area is 225 Å². The van der Waals surface area contributed by atoms with Gasteiger partial charge in [0, 0.05) is 50.6 Å². The summed E-state index contributed by atoms with van der Waals surface area (Å²) in [4.78, 5) is 46.1. The molecular weight excluding hydrogens is 484 g/mol. The Morgan fingerprint density at radius 1 is 1.11 bits per heavy atom. The fourth-order valence-electron chi connectivity index (χ4n) is 6.22. The van der Waals surface area contributed by atoms with E-state index in [1.807, 2.05) is 45.0 Å². The lowest BCUT2D eigenvalue weighted by molar-refractivity contribution is -0.138. The largest absolute Gasteiger partial charge is 0.377 e. The maximum Gasteiger partial charge on any atom is 0.251 e. The lowest BCUT2D eigenvalue weighted by atomic mass is 9.87.